The minimum Gasteiger partial charge on any atom is -0.267 e. The molecule has 104 valence electrons. The highest BCUT2D eigenvalue weighted by Crippen LogP contribution is 2.15. The molecule has 0 fully saturated rings. The van der Waals surface area contributed by atoms with Crippen LogP contribution in [0, 0.1) is 10.1 Å². The lowest BCUT2D eigenvalue weighted by atomic mass is 10.0. The van der Waals surface area contributed by atoms with Gasteiger partial charge in [0.15, 0.2) is 0 Å². The Morgan fingerprint density at radius 3 is 2.95 bits per heavy atom. The first kappa shape index (κ1) is 13.9. The molecule has 0 radical (unpaired) electrons. The van der Waals surface area contributed by atoms with E-state index in [2.05, 4.69) is 16.6 Å². The minimum atomic E-state index is -0.535. The van der Waals surface area contributed by atoms with Gasteiger partial charge in [0, 0.05) is 17.7 Å². The van der Waals surface area contributed by atoms with Crippen molar-refractivity contribution in [1.29, 1.82) is 0 Å². The van der Waals surface area contributed by atoms with E-state index in [1.165, 1.54) is 30.7 Å². The van der Waals surface area contributed by atoms with Crippen LogP contribution in [-0.4, -0.2) is 17.0 Å². The number of carbonyl (C=O) groups excluding carboxylic acids is 1. The Hall–Kier alpha value is -2.50. The second kappa shape index (κ2) is 6.60. The van der Waals surface area contributed by atoms with E-state index in [1.807, 2.05) is 0 Å². The maximum atomic E-state index is 11.8. The zero-order chi connectivity index (χ0) is 14.4. The van der Waals surface area contributed by atoms with Crippen LogP contribution in [0.5, 0.6) is 0 Å². The summed E-state index contributed by atoms with van der Waals surface area (Å²) in [5.74, 6) is -0.457. The van der Waals surface area contributed by atoms with Gasteiger partial charge in [-0.1, -0.05) is 12.1 Å². The maximum absolute atomic E-state index is 11.8. The van der Waals surface area contributed by atoms with E-state index in [-0.39, 0.29) is 11.3 Å². The highest BCUT2D eigenvalue weighted by Gasteiger charge is 2.10. The van der Waals surface area contributed by atoms with Crippen molar-refractivity contribution < 1.29 is 9.72 Å². The Kier molecular flexibility index (Phi) is 4.60. The van der Waals surface area contributed by atoms with Gasteiger partial charge in [-0.05, 0) is 37.3 Å². The molecule has 0 aromatic heterocycles. The van der Waals surface area contributed by atoms with Crippen molar-refractivity contribution >= 4 is 17.8 Å². The van der Waals surface area contributed by atoms with Crippen molar-refractivity contribution in [1.82, 2.24) is 5.43 Å². The fourth-order valence-corrected chi connectivity index (χ4v) is 1.98. The number of hydrogen-bond donors (Lipinski definition) is 1. The van der Waals surface area contributed by atoms with Crippen LogP contribution in [0.2, 0.25) is 0 Å². The molecule has 1 aliphatic rings. The number of allylic oxidation sites excluding steroid dienone is 2. The van der Waals surface area contributed by atoms with Gasteiger partial charge in [0.05, 0.1) is 11.1 Å². The molecule has 0 spiro atoms. The third kappa shape index (κ3) is 3.74. The van der Waals surface area contributed by atoms with Gasteiger partial charge in [-0.15, -0.1) is 0 Å². The lowest BCUT2D eigenvalue weighted by Gasteiger charge is -2.07. The van der Waals surface area contributed by atoms with Crippen molar-refractivity contribution in [2.45, 2.75) is 25.7 Å². The molecular formula is C14H15N3O3. The second-order valence-corrected chi connectivity index (χ2v) is 4.53. The highest BCUT2D eigenvalue weighted by atomic mass is 16.6. The SMILES string of the molecule is O=C(N/N=C/C1=CCCCC1)c1cccc([N+](=O)[O-])c1. The number of nitro groups is 1. The molecule has 1 amide bonds. The Balaban J connectivity index is 1.98. The topological polar surface area (TPSA) is 84.6 Å². The molecule has 1 aromatic rings. The van der Waals surface area contributed by atoms with Gasteiger partial charge in [-0.25, -0.2) is 5.43 Å². The third-order valence-electron chi connectivity index (χ3n) is 3.04. The summed E-state index contributed by atoms with van der Waals surface area (Å²) >= 11 is 0. The van der Waals surface area contributed by atoms with E-state index in [9.17, 15) is 14.9 Å². The van der Waals surface area contributed by atoms with Crippen LogP contribution in [0.3, 0.4) is 0 Å². The predicted molar refractivity (Wildman–Crippen MR) is 75.6 cm³/mol. The Morgan fingerprint density at radius 2 is 2.25 bits per heavy atom. The molecule has 0 unspecified atom stereocenters. The van der Waals surface area contributed by atoms with Crippen LogP contribution in [-0.2, 0) is 0 Å². The minimum absolute atomic E-state index is 0.114. The summed E-state index contributed by atoms with van der Waals surface area (Å²) in [5, 5.41) is 14.5. The fraction of sp³-hybridized carbons (Fsp3) is 0.286. The summed E-state index contributed by atoms with van der Waals surface area (Å²) in [5.41, 5.74) is 3.59. The van der Waals surface area contributed by atoms with Crippen LogP contribution >= 0.6 is 0 Å². The van der Waals surface area contributed by atoms with Gasteiger partial charge < -0.3 is 0 Å². The van der Waals surface area contributed by atoms with E-state index in [1.54, 1.807) is 6.21 Å². The molecule has 1 aliphatic carbocycles. The molecule has 20 heavy (non-hydrogen) atoms. The molecule has 0 saturated heterocycles. The third-order valence-corrected chi connectivity index (χ3v) is 3.04. The number of carbonyl (C=O) groups is 1. The van der Waals surface area contributed by atoms with E-state index >= 15 is 0 Å². The first-order valence-electron chi connectivity index (χ1n) is 6.44. The first-order chi connectivity index (χ1) is 9.66. The smallest absolute Gasteiger partial charge is 0.267 e. The summed E-state index contributed by atoms with van der Waals surface area (Å²) < 4.78 is 0. The van der Waals surface area contributed by atoms with Gasteiger partial charge in [0.1, 0.15) is 0 Å². The van der Waals surface area contributed by atoms with Gasteiger partial charge in [0.25, 0.3) is 11.6 Å². The average Bonchev–Trinajstić information content (AvgIpc) is 2.48. The number of hydrogen-bond acceptors (Lipinski definition) is 4. The number of amides is 1. The molecule has 0 aliphatic heterocycles. The highest BCUT2D eigenvalue weighted by molar-refractivity contribution is 5.95. The molecule has 0 atom stereocenters. The normalized spacial score (nSPS) is 14.9. The summed E-state index contributed by atoms with van der Waals surface area (Å²) in [6.07, 6.45) is 8.07. The van der Waals surface area contributed by atoms with Crippen molar-refractivity contribution in [3.05, 3.63) is 51.6 Å². The number of nitro benzene ring substituents is 1. The number of nitrogens with zero attached hydrogens (tertiary/aromatic N) is 2. The number of rotatable bonds is 4. The molecule has 6 heteroatoms. The van der Waals surface area contributed by atoms with Crippen LogP contribution in [0.15, 0.2) is 41.0 Å². The summed E-state index contributed by atoms with van der Waals surface area (Å²) in [4.78, 5) is 21.9. The van der Waals surface area contributed by atoms with Crippen LogP contribution < -0.4 is 5.43 Å². The van der Waals surface area contributed by atoms with Crippen molar-refractivity contribution in [3.63, 3.8) is 0 Å². The lowest BCUT2D eigenvalue weighted by molar-refractivity contribution is -0.384. The van der Waals surface area contributed by atoms with E-state index < -0.39 is 10.8 Å². The van der Waals surface area contributed by atoms with E-state index in [4.69, 9.17) is 0 Å². The maximum Gasteiger partial charge on any atom is 0.271 e. The summed E-state index contributed by atoms with van der Waals surface area (Å²) in [6.45, 7) is 0. The van der Waals surface area contributed by atoms with Crippen molar-refractivity contribution in [2.75, 3.05) is 0 Å². The standard InChI is InChI=1S/C14H15N3O3/c18-14(12-7-4-8-13(9-12)17(19)20)16-15-10-11-5-2-1-3-6-11/h4-5,7-10H,1-3,6H2,(H,16,18)/b15-10+. The predicted octanol–water partition coefficient (Wildman–Crippen LogP) is 2.81. The quantitative estimate of drug-likeness (QED) is 0.520. The zero-order valence-corrected chi connectivity index (χ0v) is 10.9. The Bertz CT molecular complexity index is 579. The van der Waals surface area contributed by atoms with Crippen molar-refractivity contribution in [3.8, 4) is 0 Å². The first-order valence-corrected chi connectivity index (χ1v) is 6.44. The number of hydrazone groups is 1. The molecule has 1 aromatic carbocycles. The summed E-state index contributed by atoms with van der Waals surface area (Å²) in [6, 6.07) is 5.55. The second-order valence-electron chi connectivity index (χ2n) is 4.53. The molecule has 2 rings (SSSR count). The number of benzene rings is 1. The van der Waals surface area contributed by atoms with Crippen LogP contribution in [0.25, 0.3) is 0 Å². The fourth-order valence-electron chi connectivity index (χ4n) is 1.98. The lowest BCUT2D eigenvalue weighted by Crippen LogP contribution is -2.17. The molecule has 0 bridgehead atoms. The van der Waals surface area contributed by atoms with Gasteiger partial charge in [-0.3, -0.25) is 14.9 Å². The van der Waals surface area contributed by atoms with Crippen LogP contribution in [0.1, 0.15) is 36.0 Å². The largest absolute Gasteiger partial charge is 0.271 e. The molecule has 1 N–H and O–H groups in total. The van der Waals surface area contributed by atoms with Gasteiger partial charge >= 0.3 is 0 Å². The molecule has 6 nitrogen and oxygen atoms in total. The van der Waals surface area contributed by atoms with Gasteiger partial charge in [0.2, 0.25) is 0 Å². The van der Waals surface area contributed by atoms with E-state index in [0.717, 1.165) is 24.8 Å². The summed E-state index contributed by atoms with van der Waals surface area (Å²) in [7, 11) is 0. The van der Waals surface area contributed by atoms with Gasteiger partial charge in [-0.2, -0.15) is 5.10 Å². The number of nitrogens with one attached hydrogen (secondary N) is 1. The number of non-ortho nitro benzene ring substituents is 1. The Labute approximate surface area is 116 Å². The monoisotopic (exact) mass is 273 g/mol. The molecule has 0 saturated carbocycles. The Morgan fingerprint density at radius 1 is 1.40 bits per heavy atom. The van der Waals surface area contributed by atoms with E-state index in [0.29, 0.717) is 0 Å². The molecule has 0 heterocycles. The van der Waals surface area contributed by atoms with Crippen LogP contribution in [0.4, 0.5) is 5.69 Å². The molecular weight excluding hydrogens is 258 g/mol. The zero-order valence-electron chi connectivity index (χ0n) is 10.9. The average molecular weight is 273 g/mol. The van der Waals surface area contributed by atoms with Crippen molar-refractivity contribution in [2.24, 2.45) is 5.10 Å².